The molecule has 0 aliphatic heterocycles. The summed E-state index contributed by atoms with van der Waals surface area (Å²) in [6.07, 6.45) is 1.28. The summed E-state index contributed by atoms with van der Waals surface area (Å²) in [4.78, 5) is 0. The normalized spacial score (nSPS) is 15.0. The Morgan fingerprint density at radius 3 is 2.18 bits per heavy atom. The van der Waals surface area contributed by atoms with Gasteiger partial charge in [-0.15, -0.1) is 0 Å². The molecule has 0 radical (unpaired) electrons. The predicted octanol–water partition coefficient (Wildman–Crippen LogP) is 0.938. The van der Waals surface area contributed by atoms with Gasteiger partial charge in [-0.05, 0) is 20.0 Å². The average Bonchev–Trinajstić information content (AvgIpc) is 1.79. The molecule has 0 bridgehead atoms. The molecule has 1 atom stereocenters. The first-order valence-corrected chi connectivity index (χ1v) is 4.41. The second-order valence-corrected chi connectivity index (χ2v) is 4.47. The van der Waals surface area contributed by atoms with Crippen molar-refractivity contribution in [3.8, 4) is 0 Å². The van der Waals surface area contributed by atoms with Crippen LogP contribution in [0.4, 0.5) is 0 Å². The third-order valence-electron chi connectivity index (χ3n) is 1.75. The van der Waals surface area contributed by atoms with E-state index in [1.54, 1.807) is 0 Å². The van der Waals surface area contributed by atoms with Gasteiger partial charge in [-0.3, -0.25) is 0 Å². The van der Waals surface area contributed by atoms with Crippen LogP contribution in [0, 0.1) is 5.92 Å². The van der Waals surface area contributed by atoms with Gasteiger partial charge in [-0.25, -0.2) is 0 Å². The molecular weight excluding hydrogens is 136 g/mol. The van der Waals surface area contributed by atoms with Crippen molar-refractivity contribution in [1.82, 2.24) is 5.32 Å². The van der Waals surface area contributed by atoms with Crippen molar-refractivity contribution in [2.24, 2.45) is 5.92 Å². The molecule has 0 aliphatic rings. The van der Waals surface area contributed by atoms with Crippen LogP contribution in [0.5, 0.6) is 0 Å². The fraction of sp³-hybridized carbons (Fsp3) is 1.00. The fourth-order valence-electron chi connectivity index (χ4n) is 1.42. The maximum absolute atomic E-state index is 3.18. The Labute approximate surface area is 71.2 Å². The molecule has 2 nitrogen and oxygen atoms in total. The van der Waals surface area contributed by atoms with Gasteiger partial charge in [0.2, 0.25) is 0 Å². The van der Waals surface area contributed by atoms with E-state index in [9.17, 15) is 0 Å². The van der Waals surface area contributed by atoms with Crippen molar-refractivity contribution in [3.63, 3.8) is 0 Å². The smallest absolute Gasteiger partial charge is 0.0806 e. The van der Waals surface area contributed by atoms with Crippen molar-refractivity contribution in [1.29, 1.82) is 0 Å². The average molecular weight is 159 g/mol. The van der Waals surface area contributed by atoms with Gasteiger partial charge < -0.3 is 9.80 Å². The molecule has 0 aromatic rings. The van der Waals surface area contributed by atoms with E-state index in [1.807, 2.05) is 7.05 Å². The van der Waals surface area contributed by atoms with E-state index >= 15 is 0 Å². The van der Waals surface area contributed by atoms with Gasteiger partial charge >= 0.3 is 0 Å². The van der Waals surface area contributed by atoms with E-state index in [4.69, 9.17) is 0 Å². The summed E-state index contributed by atoms with van der Waals surface area (Å²) in [5.74, 6) is 0.822. The number of hydrogen-bond donors (Lipinski definition) is 1. The van der Waals surface area contributed by atoms with Gasteiger partial charge in [-0.2, -0.15) is 0 Å². The molecule has 11 heavy (non-hydrogen) atoms. The molecule has 0 heterocycles. The number of nitrogens with zero attached hydrogens (tertiary/aromatic N) is 1. The van der Waals surface area contributed by atoms with E-state index in [1.165, 1.54) is 13.0 Å². The van der Waals surface area contributed by atoms with Crippen molar-refractivity contribution in [2.75, 3.05) is 41.3 Å². The molecular formula is C9H23N2+. The quantitative estimate of drug-likeness (QED) is 0.589. The molecule has 0 aliphatic carbocycles. The standard InChI is InChI=1S/C9H23N2/c1-9(6-7-10-2)8-11(3,4)5/h9-10H,6-8H2,1-5H3/q+1. The zero-order valence-electron chi connectivity index (χ0n) is 8.65. The molecule has 0 aromatic heterocycles. The minimum Gasteiger partial charge on any atom is -0.331 e. The minimum absolute atomic E-state index is 0.822. The highest BCUT2D eigenvalue weighted by molar-refractivity contribution is 4.52. The van der Waals surface area contributed by atoms with Gasteiger partial charge in [0.05, 0.1) is 27.7 Å². The SMILES string of the molecule is CNCCC(C)C[N+](C)(C)C. The number of nitrogens with one attached hydrogen (secondary N) is 1. The van der Waals surface area contributed by atoms with Gasteiger partial charge in [0, 0.05) is 5.92 Å². The third kappa shape index (κ3) is 7.82. The van der Waals surface area contributed by atoms with E-state index < -0.39 is 0 Å². The first kappa shape index (κ1) is 10.9. The van der Waals surface area contributed by atoms with Crippen molar-refractivity contribution < 1.29 is 4.48 Å². The summed E-state index contributed by atoms with van der Waals surface area (Å²) < 4.78 is 1.07. The summed E-state index contributed by atoms with van der Waals surface area (Å²) in [7, 11) is 8.75. The van der Waals surface area contributed by atoms with Gasteiger partial charge in [0.1, 0.15) is 0 Å². The Bertz CT molecular complexity index is 94.2. The summed E-state index contributed by atoms with van der Waals surface area (Å²) in [6, 6.07) is 0. The topological polar surface area (TPSA) is 12.0 Å². The monoisotopic (exact) mass is 159 g/mol. The van der Waals surface area contributed by atoms with Crippen molar-refractivity contribution >= 4 is 0 Å². The zero-order valence-corrected chi connectivity index (χ0v) is 8.65. The van der Waals surface area contributed by atoms with Crippen LogP contribution < -0.4 is 5.32 Å². The summed E-state index contributed by atoms with van der Waals surface area (Å²) in [5, 5.41) is 3.18. The van der Waals surface area contributed by atoms with Gasteiger partial charge in [0.15, 0.2) is 0 Å². The lowest BCUT2D eigenvalue weighted by Crippen LogP contribution is -2.39. The third-order valence-corrected chi connectivity index (χ3v) is 1.75. The first-order valence-electron chi connectivity index (χ1n) is 4.41. The Morgan fingerprint density at radius 1 is 1.27 bits per heavy atom. The van der Waals surface area contributed by atoms with E-state index in [0.29, 0.717) is 0 Å². The molecule has 0 saturated heterocycles. The van der Waals surface area contributed by atoms with Crippen LogP contribution >= 0.6 is 0 Å². The van der Waals surface area contributed by atoms with Crippen LogP contribution in [0.15, 0.2) is 0 Å². The number of hydrogen-bond acceptors (Lipinski definition) is 1. The highest BCUT2D eigenvalue weighted by Gasteiger charge is 2.12. The second-order valence-electron chi connectivity index (χ2n) is 4.47. The van der Waals surface area contributed by atoms with Gasteiger partial charge in [0.25, 0.3) is 0 Å². The molecule has 1 unspecified atom stereocenters. The van der Waals surface area contributed by atoms with E-state index in [0.717, 1.165) is 16.9 Å². The largest absolute Gasteiger partial charge is 0.331 e. The van der Waals surface area contributed by atoms with Gasteiger partial charge in [-0.1, -0.05) is 6.92 Å². The molecule has 1 N–H and O–H groups in total. The zero-order chi connectivity index (χ0) is 8.91. The molecule has 0 rings (SSSR count). The summed E-state index contributed by atoms with van der Waals surface area (Å²) in [5.41, 5.74) is 0. The maximum atomic E-state index is 3.18. The first-order chi connectivity index (χ1) is 4.95. The lowest BCUT2D eigenvalue weighted by Gasteiger charge is -2.27. The van der Waals surface area contributed by atoms with Crippen molar-refractivity contribution in [2.45, 2.75) is 13.3 Å². The predicted molar refractivity (Wildman–Crippen MR) is 50.6 cm³/mol. The van der Waals surface area contributed by atoms with Crippen molar-refractivity contribution in [3.05, 3.63) is 0 Å². The van der Waals surface area contributed by atoms with Crippen LogP contribution in [0.25, 0.3) is 0 Å². The second kappa shape index (κ2) is 4.73. The fourth-order valence-corrected chi connectivity index (χ4v) is 1.42. The summed E-state index contributed by atoms with van der Waals surface area (Å²) >= 11 is 0. The van der Waals surface area contributed by atoms with Crippen LogP contribution in [0.2, 0.25) is 0 Å². The van der Waals surface area contributed by atoms with Crippen LogP contribution in [0.1, 0.15) is 13.3 Å². The molecule has 0 spiro atoms. The minimum atomic E-state index is 0.822. The molecule has 0 fully saturated rings. The Kier molecular flexibility index (Phi) is 4.69. The molecule has 0 aromatic carbocycles. The highest BCUT2D eigenvalue weighted by atomic mass is 15.3. The maximum Gasteiger partial charge on any atom is 0.0806 e. The molecule has 68 valence electrons. The van der Waals surface area contributed by atoms with E-state index in [-0.39, 0.29) is 0 Å². The Balaban J connectivity index is 3.44. The van der Waals surface area contributed by atoms with Crippen LogP contribution in [0.3, 0.4) is 0 Å². The molecule has 0 saturated carbocycles. The van der Waals surface area contributed by atoms with Crippen LogP contribution in [-0.2, 0) is 0 Å². The molecule has 2 heteroatoms. The summed E-state index contributed by atoms with van der Waals surface area (Å²) in [6.45, 7) is 4.73. The number of quaternary nitrogens is 1. The van der Waals surface area contributed by atoms with Crippen LogP contribution in [-0.4, -0.2) is 45.8 Å². The molecule has 0 amide bonds. The number of rotatable bonds is 5. The lowest BCUT2D eigenvalue weighted by atomic mass is 10.1. The van der Waals surface area contributed by atoms with E-state index in [2.05, 4.69) is 33.4 Å². The Hall–Kier alpha value is -0.0800. The lowest BCUT2D eigenvalue weighted by molar-refractivity contribution is -0.873. The Morgan fingerprint density at radius 2 is 1.82 bits per heavy atom. The highest BCUT2D eigenvalue weighted by Crippen LogP contribution is 2.05.